The lowest BCUT2D eigenvalue weighted by molar-refractivity contribution is -0.0498. The van der Waals surface area contributed by atoms with Gasteiger partial charge < -0.3 is 10.1 Å². The molecule has 0 saturated heterocycles. The van der Waals surface area contributed by atoms with Gasteiger partial charge in [0, 0.05) is 18.3 Å². The summed E-state index contributed by atoms with van der Waals surface area (Å²) in [6, 6.07) is 11.1. The molecule has 152 valence electrons. The van der Waals surface area contributed by atoms with Crippen LogP contribution in [0.2, 0.25) is 0 Å². The van der Waals surface area contributed by atoms with Crippen LogP contribution in [0, 0.1) is 5.82 Å². The molecule has 0 radical (unpaired) electrons. The molecule has 1 heterocycles. The number of anilines is 2. The van der Waals surface area contributed by atoms with E-state index in [0.717, 1.165) is 4.57 Å². The van der Waals surface area contributed by atoms with Gasteiger partial charge in [0.05, 0.1) is 6.54 Å². The van der Waals surface area contributed by atoms with Gasteiger partial charge in [-0.3, -0.25) is 4.57 Å². The highest BCUT2D eigenvalue weighted by atomic mass is 19.3. The maximum absolute atomic E-state index is 13.2. The molecule has 0 aliphatic carbocycles. The normalized spacial score (nSPS) is 10.9. The van der Waals surface area contributed by atoms with Crippen LogP contribution in [0.25, 0.3) is 0 Å². The van der Waals surface area contributed by atoms with E-state index in [1.54, 1.807) is 6.92 Å². The highest BCUT2D eigenvalue weighted by Crippen LogP contribution is 2.21. The van der Waals surface area contributed by atoms with Crippen molar-refractivity contribution in [1.82, 2.24) is 14.1 Å². The predicted octanol–water partition coefficient (Wildman–Crippen LogP) is 2.96. The number of ether oxygens (including phenoxy) is 1. The number of benzene rings is 2. The number of alkyl halides is 2. The van der Waals surface area contributed by atoms with Gasteiger partial charge in [-0.25, -0.2) is 18.5 Å². The van der Waals surface area contributed by atoms with E-state index in [0.29, 0.717) is 5.56 Å². The van der Waals surface area contributed by atoms with Crippen molar-refractivity contribution in [3.63, 3.8) is 0 Å². The van der Waals surface area contributed by atoms with E-state index < -0.39 is 23.8 Å². The van der Waals surface area contributed by atoms with Crippen LogP contribution < -0.4 is 21.4 Å². The first kappa shape index (κ1) is 20.2. The lowest BCUT2D eigenvalue weighted by atomic mass is 10.2. The average Bonchev–Trinajstić information content (AvgIpc) is 2.66. The molecular formula is C19H17F3N4O3. The largest absolute Gasteiger partial charge is 0.435 e. The van der Waals surface area contributed by atoms with Gasteiger partial charge in [-0.15, -0.1) is 0 Å². The van der Waals surface area contributed by atoms with E-state index in [1.807, 2.05) is 0 Å². The van der Waals surface area contributed by atoms with Crippen LogP contribution in [0.5, 0.6) is 5.75 Å². The minimum Gasteiger partial charge on any atom is -0.435 e. The molecule has 1 aromatic heterocycles. The SMILES string of the molecule is CCn1c(=O)nc(Nc2cccc(OC(F)F)c2)n(Cc2ccc(F)cc2)c1=O. The number of aromatic nitrogens is 3. The van der Waals surface area contributed by atoms with Crippen molar-refractivity contribution in [2.75, 3.05) is 5.32 Å². The molecular weight excluding hydrogens is 389 g/mol. The molecule has 0 saturated carbocycles. The van der Waals surface area contributed by atoms with Crippen molar-refractivity contribution in [2.24, 2.45) is 0 Å². The smallest absolute Gasteiger partial charge is 0.387 e. The molecule has 0 aliphatic rings. The van der Waals surface area contributed by atoms with Crippen LogP contribution in [0.1, 0.15) is 12.5 Å². The topological polar surface area (TPSA) is 78.2 Å². The zero-order chi connectivity index (χ0) is 21.0. The summed E-state index contributed by atoms with van der Waals surface area (Å²) >= 11 is 0. The molecule has 0 amide bonds. The van der Waals surface area contributed by atoms with Crippen LogP contribution in [0.3, 0.4) is 0 Å². The second-order valence-electron chi connectivity index (χ2n) is 5.99. The van der Waals surface area contributed by atoms with Crippen molar-refractivity contribution >= 4 is 11.6 Å². The highest BCUT2D eigenvalue weighted by Gasteiger charge is 2.14. The number of rotatable bonds is 7. The van der Waals surface area contributed by atoms with Gasteiger partial charge in [0.1, 0.15) is 11.6 Å². The van der Waals surface area contributed by atoms with Crippen LogP contribution in [-0.4, -0.2) is 20.7 Å². The first-order valence-electron chi connectivity index (χ1n) is 8.65. The molecule has 29 heavy (non-hydrogen) atoms. The summed E-state index contributed by atoms with van der Waals surface area (Å²) in [6.45, 7) is -1.23. The van der Waals surface area contributed by atoms with Gasteiger partial charge in [-0.05, 0) is 36.8 Å². The summed E-state index contributed by atoms with van der Waals surface area (Å²) < 4.78 is 44.5. The average molecular weight is 406 g/mol. The first-order chi connectivity index (χ1) is 13.9. The Bertz CT molecular complexity index is 1110. The molecule has 0 atom stereocenters. The molecule has 10 heteroatoms. The molecule has 0 unspecified atom stereocenters. The number of nitrogens with one attached hydrogen (secondary N) is 1. The molecule has 0 fully saturated rings. The molecule has 3 aromatic rings. The van der Waals surface area contributed by atoms with Gasteiger partial charge in [-0.1, -0.05) is 18.2 Å². The third kappa shape index (κ3) is 4.84. The van der Waals surface area contributed by atoms with Crippen LogP contribution >= 0.6 is 0 Å². The van der Waals surface area contributed by atoms with E-state index in [9.17, 15) is 22.8 Å². The summed E-state index contributed by atoms with van der Waals surface area (Å²) in [5.41, 5.74) is -0.472. The summed E-state index contributed by atoms with van der Waals surface area (Å²) in [4.78, 5) is 28.8. The second kappa shape index (κ2) is 8.63. The Kier molecular flexibility index (Phi) is 6.01. The monoisotopic (exact) mass is 406 g/mol. The Labute approximate surface area is 163 Å². The van der Waals surface area contributed by atoms with Gasteiger partial charge in [0.25, 0.3) is 0 Å². The Balaban J connectivity index is 2.02. The van der Waals surface area contributed by atoms with Crippen molar-refractivity contribution < 1.29 is 17.9 Å². The number of nitrogens with zero attached hydrogens (tertiary/aromatic N) is 3. The quantitative estimate of drug-likeness (QED) is 0.653. The lowest BCUT2D eigenvalue weighted by Gasteiger charge is -2.15. The standard InChI is InChI=1S/C19H17F3N4O3/c1-2-25-18(27)24-17(23-14-4-3-5-15(10-14)29-16(21)22)26(19(25)28)11-12-6-8-13(20)9-7-12/h3-10,16H,2,11H2,1H3,(H,23,24,27). The van der Waals surface area contributed by atoms with E-state index in [4.69, 9.17) is 0 Å². The Hall–Kier alpha value is -3.56. The van der Waals surface area contributed by atoms with Gasteiger partial charge in [-0.2, -0.15) is 13.8 Å². The Morgan fingerprint density at radius 2 is 1.83 bits per heavy atom. The van der Waals surface area contributed by atoms with E-state index in [-0.39, 0.29) is 30.5 Å². The fraction of sp³-hybridized carbons (Fsp3) is 0.211. The molecule has 2 aromatic carbocycles. The Morgan fingerprint density at radius 3 is 2.48 bits per heavy atom. The minimum absolute atomic E-state index is 0.0158. The molecule has 0 spiro atoms. The highest BCUT2D eigenvalue weighted by molar-refractivity contribution is 5.56. The fourth-order valence-electron chi connectivity index (χ4n) is 2.69. The summed E-state index contributed by atoms with van der Waals surface area (Å²) in [7, 11) is 0. The summed E-state index contributed by atoms with van der Waals surface area (Å²) in [6.07, 6.45) is 0. The molecule has 1 N–H and O–H groups in total. The van der Waals surface area contributed by atoms with E-state index >= 15 is 0 Å². The van der Waals surface area contributed by atoms with Crippen molar-refractivity contribution in [3.8, 4) is 5.75 Å². The van der Waals surface area contributed by atoms with Crippen molar-refractivity contribution in [1.29, 1.82) is 0 Å². The summed E-state index contributed by atoms with van der Waals surface area (Å²) in [5, 5.41) is 2.79. The van der Waals surface area contributed by atoms with Gasteiger partial charge >= 0.3 is 18.0 Å². The van der Waals surface area contributed by atoms with E-state index in [2.05, 4.69) is 15.0 Å². The van der Waals surface area contributed by atoms with Crippen LogP contribution in [0.15, 0.2) is 58.1 Å². The third-order valence-electron chi connectivity index (χ3n) is 4.04. The van der Waals surface area contributed by atoms with Crippen LogP contribution in [-0.2, 0) is 13.1 Å². The number of halogens is 3. The zero-order valence-electron chi connectivity index (χ0n) is 15.3. The van der Waals surface area contributed by atoms with Crippen LogP contribution in [0.4, 0.5) is 24.8 Å². The molecule has 3 rings (SSSR count). The molecule has 7 nitrogen and oxygen atoms in total. The maximum Gasteiger partial charge on any atom is 0.387 e. The number of hydrogen-bond donors (Lipinski definition) is 1. The van der Waals surface area contributed by atoms with Crippen molar-refractivity contribution in [3.05, 3.63) is 80.9 Å². The molecule has 0 bridgehead atoms. The first-order valence-corrected chi connectivity index (χ1v) is 8.65. The maximum atomic E-state index is 13.2. The van der Waals surface area contributed by atoms with Gasteiger partial charge in [0.2, 0.25) is 5.95 Å². The minimum atomic E-state index is -2.99. The number of hydrogen-bond acceptors (Lipinski definition) is 5. The fourth-order valence-corrected chi connectivity index (χ4v) is 2.69. The van der Waals surface area contributed by atoms with Crippen molar-refractivity contribution in [2.45, 2.75) is 26.6 Å². The Morgan fingerprint density at radius 1 is 1.10 bits per heavy atom. The zero-order valence-corrected chi connectivity index (χ0v) is 15.3. The van der Waals surface area contributed by atoms with E-state index in [1.165, 1.54) is 53.1 Å². The van der Waals surface area contributed by atoms with Gasteiger partial charge in [0.15, 0.2) is 0 Å². The lowest BCUT2D eigenvalue weighted by Crippen LogP contribution is -2.42. The third-order valence-corrected chi connectivity index (χ3v) is 4.04. The molecule has 0 aliphatic heterocycles. The predicted molar refractivity (Wildman–Crippen MR) is 100 cm³/mol. The summed E-state index contributed by atoms with van der Waals surface area (Å²) in [5.74, 6) is -0.602. The second-order valence-corrected chi connectivity index (χ2v) is 5.99.